The zero-order valence-electron chi connectivity index (χ0n) is 19.1. The second-order valence-corrected chi connectivity index (χ2v) is 9.24. The van der Waals surface area contributed by atoms with Gasteiger partial charge in [0.05, 0.1) is 4.90 Å². The Morgan fingerprint density at radius 2 is 1.29 bits per heavy atom. The summed E-state index contributed by atoms with van der Waals surface area (Å²) in [7, 11) is -4.54. The zero-order valence-corrected chi connectivity index (χ0v) is 22.0. The monoisotopic (exact) mass is 454 g/mol. The maximum Gasteiger partial charge on any atom is 1.00 e. The first-order chi connectivity index (χ1) is 14.5. The Kier molecular flexibility index (Phi) is 14.4. The summed E-state index contributed by atoms with van der Waals surface area (Å²) in [6.45, 7) is 2.24. The molecule has 0 spiro atoms. The smallest absolute Gasteiger partial charge is 0.744 e. The van der Waals surface area contributed by atoms with E-state index in [4.69, 9.17) is 4.74 Å². The van der Waals surface area contributed by atoms with Gasteiger partial charge in [0, 0.05) is 5.56 Å². The fourth-order valence-corrected chi connectivity index (χ4v) is 4.45. The van der Waals surface area contributed by atoms with Crippen LogP contribution in [-0.4, -0.2) is 13.0 Å². The molecule has 31 heavy (non-hydrogen) atoms. The second-order valence-electron chi connectivity index (χ2n) is 7.89. The first kappa shape index (κ1) is 28.2. The van der Waals surface area contributed by atoms with Crippen LogP contribution in [0.25, 0.3) is 0 Å². The fraction of sp³-hybridized carbons (Fsp3) is 0.520. The Balaban J connectivity index is 0.00000480. The summed E-state index contributed by atoms with van der Waals surface area (Å²) in [5.74, 6) is 1.07. The molecule has 0 aliphatic carbocycles. The molecule has 6 heteroatoms. The predicted molar refractivity (Wildman–Crippen MR) is 121 cm³/mol. The van der Waals surface area contributed by atoms with E-state index in [2.05, 4.69) is 6.92 Å². The standard InChI is InChI=1S/C25H36O4S.Na/c1-2-3-4-5-6-7-8-9-10-11-15-19-23-24(29-22-17-13-12-14-18-22)20-16-21-25(23)30(26,27)28;/h12-14,16-18,20-21H,2-11,15,19H2,1H3,(H,26,27,28);/q;+1/p-1. The third-order valence-corrected chi connectivity index (χ3v) is 6.28. The van der Waals surface area contributed by atoms with Crippen LogP contribution in [0, 0.1) is 0 Å². The summed E-state index contributed by atoms with van der Waals surface area (Å²) in [6.07, 6.45) is 14.0. The molecule has 0 heterocycles. The van der Waals surface area contributed by atoms with Crippen molar-refractivity contribution in [1.29, 1.82) is 0 Å². The molecular weight excluding hydrogens is 419 g/mol. The number of ether oxygens (including phenoxy) is 1. The number of unbranched alkanes of at least 4 members (excludes halogenated alkanes) is 10. The van der Waals surface area contributed by atoms with Crippen molar-refractivity contribution >= 4 is 10.1 Å². The Hall–Kier alpha value is -0.850. The van der Waals surface area contributed by atoms with E-state index in [0.717, 1.165) is 19.3 Å². The van der Waals surface area contributed by atoms with Gasteiger partial charge in [-0.05, 0) is 37.1 Å². The first-order valence-electron chi connectivity index (χ1n) is 11.3. The summed E-state index contributed by atoms with van der Waals surface area (Å²) in [6, 6.07) is 13.9. The molecule has 0 bridgehead atoms. The van der Waals surface area contributed by atoms with Gasteiger partial charge in [0.1, 0.15) is 21.6 Å². The minimum absolute atomic E-state index is 0. The van der Waals surface area contributed by atoms with Gasteiger partial charge in [-0.25, -0.2) is 8.42 Å². The van der Waals surface area contributed by atoms with E-state index in [1.54, 1.807) is 12.1 Å². The molecule has 0 aliphatic heterocycles. The molecule has 0 atom stereocenters. The van der Waals surface area contributed by atoms with E-state index in [1.165, 1.54) is 57.4 Å². The molecule has 0 saturated carbocycles. The Labute approximate surface area is 210 Å². The summed E-state index contributed by atoms with van der Waals surface area (Å²) < 4.78 is 41.1. The van der Waals surface area contributed by atoms with Gasteiger partial charge < -0.3 is 9.29 Å². The molecule has 0 aromatic heterocycles. The molecule has 0 saturated heterocycles. The Morgan fingerprint density at radius 3 is 1.84 bits per heavy atom. The number of hydrogen-bond donors (Lipinski definition) is 0. The van der Waals surface area contributed by atoms with Crippen LogP contribution in [0.5, 0.6) is 11.5 Å². The molecule has 0 aliphatic rings. The molecule has 2 aromatic rings. The molecule has 166 valence electrons. The fourth-order valence-electron chi connectivity index (χ4n) is 3.70. The van der Waals surface area contributed by atoms with Crippen LogP contribution in [-0.2, 0) is 16.5 Å². The van der Waals surface area contributed by atoms with E-state index in [-0.39, 0.29) is 34.5 Å². The van der Waals surface area contributed by atoms with Crippen LogP contribution in [0.1, 0.15) is 83.1 Å². The molecule has 4 nitrogen and oxygen atoms in total. The van der Waals surface area contributed by atoms with Gasteiger partial charge in [-0.15, -0.1) is 0 Å². The normalized spacial score (nSPS) is 11.2. The van der Waals surface area contributed by atoms with Crippen molar-refractivity contribution < 1.29 is 47.3 Å². The minimum atomic E-state index is -4.54. The minimum Gasteiger partial charge on any atom is -0.744 e. The van der Waals surface area contributed by atoms with E-state index >= 15 is 0 Å². The molecule has 0 N–H and O–H groups in total. The van der Waals surface area contributed by atoms with Crippen LogP contribution in [0.2, 0.25) is 0 Å². The van der Waals surface area contributed by atoms with Crippen LogP contribution < -0.4 is 34.3 Å². The molecular formula is C25H35NaO4S. The van der Waals surface area contributed by atoms with Gasteiger partial charge in [0.25, 0.3) is 0 Å². The van der Waals surface area contributed by atoms with Crippen molar-refractivity contribution in [2.24, 2.45) is 0 Å². The average Bonchev–Trinajstić information content (AvgIpc) is 2.73. The number of benzene rings is 2. The Bertz CT molecular complexity index is 838. The van der Waals surface area contributed by atoms with Crippen molar-refractivity contribution in [2.45, 2.75) is 88.9 Å². The van der Waals surface area contributed by atoms with E-state index in [1.807, 2.05) is 30.3 Å². The van der Waals surface area contributed by atoms with Crippen molar-refractivity contribution in [1.82, 2.24) is 0 Å². The summed E-state index contributed by atoms with van der Waals surface area (Å²) in [5.41, 5.74) is 0.493. The van der Waals surface area contributed by atoms with Gasteiger partial charge in [-0.3, -0.25) is 0 Å². The molecule has 0 radical (unpaired) electrons. The largest absolute Gasteiger partial charge is 1.00 e. The molecule has 2 aromatic carbocycles. The third-order valence-electron chi connectivity index (χ3n) is 5.36. The van der Waals surface area contributed by atoms with Crippen molar-refractivity contribution in [3.05, 3.63) is 54.1 Å². The third kappa shape index (κ3) is 11.0. The van der Waals surface area contributed by atoms with Crippen LogP contribution in [0.3, 0.4) is 0 Å². The van der Waals surface area contributed by atoms with Crippen molar-refractivity contribution in [3.63, 3.8) is 0 Å². The Morgan fingerprint density at radius 1 is 0.742 bits per heavy atom. The van der Waals surface area contributed by atoms with Gasteiger partial charge in [0.15, 0.2) is 0 Å². The van der Waals surface area contributed by atoms with Crippen LogP contribution >= 0.6 is 0 Å². The molecule has 0 fully saturated rings. The van der Waals surface area contributed by atoms with E-state index in [0.29, 0.717) is 23.5 Å². The summed E-state index contributed by atoms with van der Waals surface area (Å²) >= 11 is 0. The number of rotatable bonds is 15. The van der Waals surface area contributed by atoms with E-state index < -0.39 is 10.1 Å². The topological polar surface area (TPSA) is 66.4 Å². The molecule has 0 amide bonds. The molecule has 0 unspecified atom stereocenters. The summed E-state index contributed by atoms with van der Waals surface area (Å²) in [4.78, 5) is -0.164. The van der Waals surface area contributed by atoms with Crippen LogP contribution in [0.15, 0.2) is 53.4 Å². The predicted octanol–water partition coefficient (Wildman–Crippen LogP) is 4.24. The van der Waals surface area contributed by atoms with Gasteiger partial charge in [0.2, 0.25) is 0 Å². The summed E-state index contributed by atoms with van der Waals surface area (Å²) in [5, 5.41) is 0. The van der Waals surface area contributed by atoms with E-state index in [9.17, 15) is 13.0 Å². The second kappa shape index (κ2) is 15.9. The first-order valence-corrected chi connectivity index (χ1v) is 12.7. The van der Waals surface area contributed by atoms with Gasteiger partial charge >= 0.3 is 29.6 Å². The quantitative estimate of drug-likeness (QED) is 0.229. The maximum atomic E-state index is 11.7. The van der Waals surface area contributed by atoms with Crippen LogP contribution in [0.4, 0.5) is 0 Å². The van der Waals surface area contributed by atoms with Gasteiger partial charge in [-0.1, -0.05) is 95.4 Å². The van der Waals surface area contributed by atoms with Crippen molar-refractivity contribution in [3.8, 4) is 11.5 Å². The van der Waals surface area contributed by atoms with Gasteiger partial charge in [-0.2, -0.15) is 0 Å². The molecule has 2 rings (SSSR count). The maximum absolute atomic E-state index is 11.7. The number of para-hydroxylation sites is 1. The SMILES string of the molecule is CCCCCCCCCCCCCc1c(Oc2ccccc2)cccc1S(=O)(=O)[O-].[Na+]. The zero-order chi connectivity index (χ0) is 21.7. The average molecular weight is 455 g/mol. The van der Waals surface area contributed by atoms with Crippen molar-refractivity contribution in [2.75, 3.05) is 0 Å². The number of hydrogen-bond acceptors (Lipinski definition) is 4.